The van der Waals surface area contributed by atoms with E-state index >= 15 is 0 Å². The molecule has 3 aromatic rings. The van der Waals surface area contributed by atoms with Crippen LogP contribution in [0.5, 0.6) is 5.75 Å². The lowest BCUT2D eigenvalue weighted by Gasteiger charge is -2.34. The molecule has 0 saturated carbocycles. The molecule has 1 atom stereocenters. The first-order valence-corrected chi connectivity index (χ1v) is 11.3. The van der Waals surface area contributed by atoms with Gasteiger partial charge in [0.15, 0.2) is 5.78 Å². The summed E-state index contributed by atoms with van der Waals surface area (Å²) in [5.41, 5.74) is 4.23. The van der Waals surface area contributed by atoms with E-state index in [1.165, 1.54) is 0 Å². The normalized spacial score (nSPS) is 17.6. The first-order chi connectivity index (χ1) is 16.1. The highest BCUT2D eigenvalue weighted by Gasteiger charge is 2.40. The Kier molecular flexibility index (Phi) is 5.65. The van der Waals surface area contributed by atoms with Crippen molar-refractivity contribution in [2.24, 2.45) is 0 Å². The molecule has 0 unspecified atom stereocenters. The van der Waals surface area contributed by atoms with Crippen molar-refractivity contribution in [3.8, 4) is 5.75 Å². The second kappa shape index (κ2) is 8.75. The van der Waals surface area contributed by atoms with Gasteiger partial charge in [-0.25, -0.2) is 0 Å². The molecule has 1 amide bonds. The molecule has 3 aromatic carbocycles. The van der Waals surface area contributed by atoms with Crippen LogP contribution in [0.15, 0.2) is 84.1 Å². The number of allylic oxidation sites excluding steroid dienone is 1. The minimum absolute atomic E-state index is 0.0429. The molecule has 1 aliphatic carbocycles. The van der Waals surface area contributed by atoms with E-state index in [1.54, 1.807) is 36.3 Å². The number of hydrogen-bond donors (Lipinski definition) is 1. The first kappa shape index (κ1) is 21.3. The number of ether oxygens (including phenoxy) is 1. The van der Waals surface area contributed by atoms with Crippen molar-refractivity contribution in [2.75, 3.05) is 17.3 Å². The van der Waals surface area contributed by atoms with Crippen molar-refractivity contribution in [2.45, 2.75) is 25.3 Å². The van der Waals surface area contributed by atoms with Gasteiger partial charge in [-0.1, -0.05) is 41.9 Å². The molecule has 5 nitrogen and oxygen atoms in total. The molecule has 166 valence electrons. The number of hydrogen-bond acceptors (Lipinski definition) is 4. The molecule has 0 radical (unpaired) electrons. The summed E-state index contributed by atoms with van der Waals surface area (Å²) in [7, 11) is 1.60. The van der Waals surface area contributed by atoms with Crippen LogP contribution in [-0.4, -0.2) is 18.8 Å². The topological polar surface area (TPSA) is 58.6 Å². The number of amides is 1. The number of benzene rings is 3. The van der Waals surface area contributed by atoms with Crippen LogP contribution in [0.2, 0.25) is 5.02 Å². The van der Waals surface area contributed by atoms with E-state index in [1.807, 2.05) is 48.5 Å². The summed E-state index contributed by atoms with van der Waals surface area (Å²) in [5, 5.41) is 4.03. The molecule has 0 saturated heterocycles. The van der Waals surface area contributed by atoms with E-state index in [9.17, 15) is 9.59 Å². The highest BCUT2D eigenvalue weighted by molar-refractivity contribution is 6.30. The second-order valence-electron chi connectivity index (χ2n) is 8.14. The summed E-state index contributed by atoms with van der Waals surface area (Å²) >= 11 is 6.08. The van der Waals surface area contributed by atoms with Crippen LogP contribution < -0.4 is 15.0 Å². The third-order valence-electron chi connectivity index (χ3n) is 6.18. The third-order valence-corrected chi connectivity index (χ3v) is 6.43. The number of carbonyl (C=O) groups is 2. The van der Waals surface area contributed by atoms with E-state index in [0.29, 0.717) is 34.0 Å². The molecular formula is C27H23ClN2O3. The molecule has 0 fully saturated rings. The fourth-order valence-electron chi connectivity index (χ4n) is 4.68. The minimum atomic E-state index is -0.636. The number of rotatable bonds is 3. The number of para-hydroxylation sites is 3. The maximum Gasteiger partial charge on any atom is 0.259 e. The molecular weight excluding hydrogens is 436 g/mol. The predicted molar refractivity (Wildman–Crippen MR) is 130 cm³/mol. The average molecular weight is 459 g/mol. The lowest BCUT2D eigenvalue weighted by Crippen LogP contribution is -2.38. The average Bonchev–Trinajstić information content (AvgIpc) is 2.99. The Bertz CT molecular complexity index is 1270. The summed E-state index contributed by atoms with van der Waals surface area (Å²) in [4.78, 5) is 29.2. The van der Waals surface area contributed by atoms with Crippen LogP contribution in [0.3, 0.4) is 0 Å². The van der Waals surface area contributed by atoms with Crippen LogP contribution in [0.4, 0.5) is 11.4 Å². The third kappa shape index (κ3) is 3.79. The monoisotopic (exact) mass is 458 g/mol. The molecule has 1 heterocycles. The highest BCUT2D eigenvalue weighted by atomic mass is 35.5. The Hall–Kier alpha value is -3.57. The number of ketones is 1. The zero-order valence-corrected chi connectivity index (χ0v) is 18.9. The lowest BCUT2D eigenvalue weighted by molar-refractivity contribution is -0.116. The smallest absolute Gasteiger partial charge is 0.259 e. The summed E-state index contributed by atoms with van der Waals surface area (Å²) in [6.07, 6.45) is 1.96. The Morgan fingerprint density at radius 2 is 1.73 bits per heavy atom. The Morgan fingerprint density at radius 1 is 1.00 bits per heavy atom. The van der Waals surface area contributed by atoms with Crippen molar-refractivity contribution >= 4 is 34.7 Å². The number of halogens is 1. The van der Waals surface area contributed by atoms with Crippen LogP contribution in [0.25, 0.3) is 0 Å². The summed E-state index contributed by atoms with van der Waals surface area (Å²) in [5.74, 6) is 0.450. The Morgan fingerprint density at radius 3 is 2.52 bits per heavy atom. The number of nitrogens with zero attached hydrogens (tertiary/aromatic N) is 1. The van der Waals surface area contributed by atoms with Gasteiger partial charge < -0.3 is 10.1 Å². The van der Waals surface area contributed by atoms with E-state index in [4.69, 9.17) is 16.3 Å². The van der Waals surface area contributed by atoms with Crippen molar-refractivity contribution in [1.29, 1.82) is 0 Å². The molecule has 0 bridgehead atoms. The number of nitrogens with one attached hydrogen (secondary N) is 1. The van der Waals surface area contributed by atoms with Gasteiger partial charge in [0.2, 0.25) is 0 Å². The summed E-state index contributed by atoms with van der Waals surface area (Å²) in [6.45, 7) is 0. The van der Waals surface area contributed by atoms with Crippen LogP contribution in [-0.2, 0) is 4.79 Å². The van der Waals surface area contributed by atoms with Gasteiger partial charge >= 0.3 is 0 Å². The highest BCUT2D eigenvalue weighted by Crippen LogP contribution is 2.47. The largest absolute Gasteiger partial charge is 0.496 e. The van der Waals surface area contributed by atoms with Gasteiger partial charge in [0.05, 0.1) is 24.5 Å². The lowest BCUT2D eigenvalue weighted by atomic mass is 9.85. The van der Waals surface area contributed by atoms with Crippen LogP contribution in [0, 0.1) is 0 Å². The SMILES string of the molecule is COc1ccccc1[C@@H]1C2=C(CCCC2=O)Nc2ccccc2N1C(=O)c1ccc(Cl)cc1. The number of Topliss-reactive ketones (excluding diaryl/α,β-unsaturated/α-hetero) is 1. The maximum absolute atomic E-state index is 14.1. The predicted octanol–water partition coefficient (Wildman–Crippen LogP) is 6.17. The van der Waals surface area contributed by atoms with Crippen molar-refractivity contribution in [3.63, 3.8) is 0 Å². The van der Waals surface area contributed by atoms with E-state index < -0.39 is 6.04 Å². The Balaban J connectivity index is 1.80. The van der Waals surface area contributed by atoms with E-state index in [2.05, 4.69) is 5.32 Å². The van der Waals surface area contributed by atoms with Gasteiger partial charge in [-0.05, 0) is 55.3 Å². The van der Waals surface area contributed by atoms with Gasteiger partial charge in [-0.2, -0.15) is 0 Å². The minimum Gasteiger partial charge on any atom is -0.496 e. The van der Waals surface area contributed by atoms with E-state index in [0.717, 1.165) is 29.8 Å². The van der Waals surface area contributed by atoms with Crippen molar-refractivity contribution in [1.82, 2.24) is 0 Å². The Labute approximate surface area is 197 Å². The molecule has 5 rings (SSSR count). The number of methoxy groups -OCH3 is 1. The number of fused-ring (bicyclic) bond motifs is 1. The molecule has 2 aliphatic rings. The number of carbonyl (C=O) groups excluding carboxylic acids is 2. The zero-order valence-electron chi connectivity index (χ0n) is 18.2. The van der Waals surface area contributed by atoms with Gasteiger partial charge in [0, 0.05) is 33.8 Å². The zero-order chi connectivity index (χ0) is 22.9. The first-order valence-electron chi connectivity index (χ1n) is 10.9. The fraction of sp³-hybridized carbons (Fsp3) is 0.185. The van der Waals surface area contributed by atoms with E-state index in [-0.39, 0.29) is 11.7 Å². The fourth-order valence-corrected chi connectivity index (χ4v) is 4.80. The summed E-state index contributed by atoms with van der Waals surface area (Å²) < 4.78 is 5.68. The molecule has 1 N–H and O–H groups in total. The van der Waals surface area contributed by atoms with Gasteiger partial charge in [-0.15, -0.1) is 0 Å². The van der Waals surface area contributed by atoms with Crippen LogP contribution >= 0.6 is 11.6 Å². The van der Waals surface area contributed by atoms with Gasteiger partial charge in [-0.3, -0.25) is 14.5 Å². The van der Waals surface area contributed by atoms with Crippen molar-refractivity contribution in [3.05, 3.63) is 100 Å². The maximum atomic E-state index is 14.1. The van der Waals surface area contributed by atoms with Gasteiger partial charge in [0.25, 0.3) is 5.91 Å². The summed E-state index contributed by atoms with van der Waals surface area (Å²) in [6, 6.07) is 21.4. The molecule has 6 heteroatoms. The molecule has 33 heavy (non-hydrogen) atoms. The molecule has 0 spiro atoms. The molecule has 1 aliphatic heterocycles. The van der Waals surface area contributed by atoms with Gasteiger partial charge in [0.1, 0.15) is 5.75 Å². The molecule has 0 aromatic heterocycles. The van der Waals surface area contributed by atoms with Crippen molar-refractivity contribution < 1.29 is 14.3 Å². The number of anilines is 2. The second-order valence-corrected chi connectivity index (χ2v) is 8.57. The standard InChI is InChI=1S/C27H23ClN2O3/c1-33-24-12-5-2-7-19(24)26-25-21(9-6-11-23(25)31)29-20-8-3-4-10-22(20)30(26)27(32)17-13-15-18(28)16-14-17/h2-5,7-8,10,12-16,26,29H,6,9,11H2,1H3/t26-/m1/s1. The quantitative estimate of drug-likeness (QED) is 0.510. The van der Waals surface area contributed by atoms with Crippen LogP contribution in [0.1, 0.15) is 41.2 Å².